The van der Waals surface area contributed by atoms with Crippen LogP contribution in [-0.2, 0) is 24.0 Å². The number of hydrogen-bond donors (Lipinski definition) is 4. The van der Waals surface area contributed by atoms with E-state index in [-0.39, 0.29) is 16.7 Å². The number of fused-ring (bicyclic) bond motifs is 1. The van der Waals surface area contributed by atoms with E-state index in [0.717, 1.165) is 16.4 Å². The van der Waals surface area contributed by atoms with Crippen LogP contribution in [-0.4, -0.2) is 93.7 Å². The zero-order valence-electron chi connectivity index (χ0n) is 17.2. The molecule has 2 aromatic heterocycles. The van der Waals surface area contributed by atoms with Crippen molar-refractivity contribution in [3.05, 3.63) is 22.6 Å². The Balaban J connectivity index is 1.49. The number of hydrogen-bond acceptors (Lipinski definition) is 15. The number of carboxylic acids is 2. The standard InChI is InChI=1S/C16H14N8O7S4/c17-15-20-10(23-35-15)7(22-31-1-6(25)26)11(27)19-8-12(28)24-9(14(29)30)5(2-32-13(8)24)3-33-16-21-18-4-34-16/h4,8,13H,1-3H2,(H,19,27)(H,25,26)(H,29,30)(H2,17,20,23)/t8?,13-/m1/s1. The van der Waals surface area contributed by atoms with Crippen LogP contribution in [0.15, 0.2) is 26.3 Å². The summed E-state index contributed by atoms with van der Waals surface area (Å²) in [5, 5.41) is 31.5. The summed E-state index contributed by atoms with van der Waals surface area (Å²) in [6.45, 7) is -0.824. The van der Waals surface area contributed by atoms with Crippen LogP contribution in [0.1, 0.15) is 5.82 Å². The molecule has 19 heteroatoms. The highest BCUT2D eigenvalue weighted by atomic mass is 32.2. The zero-order valence-corrected chi connectivity index (χ0v) is 20.4. The van der Waals surface area contributed by atoms with Crippen molar-refractivity contribution in [3.63, 3.8) is 0 Å². The molecular weight excluding hydrogens is 544 g/mol. The van der Waals surface area contributed by atoms with Gasteiger partial charge in [0.25, 0.3) is 11.8 Å². The number of thioether (sulfide) groups is 2. The second kappa shape index (κ2) is 10.5. The van der Waals surface area contributed by atoms with Gasteiger partial charge in [-0.2, -0.15) is 9.36 Å². The Morgan fingerprint density at radius 2 is 2.17 bits per heavy atom. The van der Waals surface area contributed by atoms with Gasteiger partial charge in [-0.1, -0.05) is 28.3 Å². The topological polar surface area (TPSA) is 223 Å². The Morgan fingerprint density at radius 3 is 2.80 bits per heavy atom. The highest BCUT2D eigenvalue weighted by Gasteiger charge is 2.54. The minimum absolute atomic E-state index is 0.0302. The largest absolute Gasteiger partial charge is 0.479 e. The van der Waals surface area contributed by atoms with Gasteiger partial charge in [0, 0.05) is 23.0 Å². The number of aromatic nitrogens is 4. The van der Waals surface area contributed by atoms with Crippen LogP contribution in [0.4, 0.5) is 5.13 Å². The fraction of sp³-hybridized carbons (Fsp3) is 0.312. The van der Waals surface area contributed by atoms with Crippen molar-refractivity contribution in [1.29, 1.82) is 0 Å². The van der Waals surface area contributed by atoms with E-state index in [1.165, 1.54) is 34.9 Å². The Bertz CT molecular complexity index is 1230. The number of nitrogens with one attached hydrogen (secondary N) is 1. The number of oxime groups is 1. The number of nitrogens with two attached hydrogens (primary N) is 1. The molecule has 15 nitrogen and oxygen atoms in total. The Morgan fingerprint density at radius 1 is 1.37 bits per heavy atom. The molecule has 4 heterocycles. The molecule has 35 heavy (non-hydrogen) atoms. The number of nitrogens with zero attached hydrogens (tertiary/aromatic N) is 6. The molecule has 0 saturated carbocycles. The number of amides is 2. The van der Waals surface area contributed by atoms with Crippen LogP contribution in [0.25, 0.3) is 0 Å². The van der Waals surface area contributed by atoms with Gasteiger partial charge >= 0.3 is 11.9 Å². The van der Waals surface area contributed by atoms with E-state index in [9.17, 15) is 24.3 Å². The van der Waals surface area contributed by atoms with Crippen molar-refractivity contribution < 1.29 is 34.2 Å². The van der Waals surface area contributed by atoms with E-state index in [1.807, 2.05) is 0 Å². The van der Waals surface area contributed by atoms with Crippen molar-refractivity contribution in [3.8, 4) is 0 Å². The van der Waals surface area contributed by atoms with Gasteiger partial charge in [0.2, 0.25) is 18.1 Å². The lowest BCUT2D eigenvalue weighted by Gasteiger charge is -2.49. The van der Waals surface area contributed by atoms with Crippen LogP contribution in [0.5, 0.6) is 0 Å². The van der Waals surface area contributed by atoms with Crippen molar-refractivity contribution in [2.24, 2.45) is 5.16 Å². The minimum Gasteiger partial charge on any atom is -0.479 e. The monoisotopic (exact) mass is 558 g/mol. The molecule has 2 amide bonds. The fourth-order valence-electron chi connectivity index (χ4n) is 3.05. The van der Waals surface area contributed by atoms with E-state index < -0.39 is 47.5 Å². The first-order chi connectivity index (χ1) is 16.8. The average Bonchev–Trinajstić information content (AvgIpc) is 3.49. The van der Waals surface area contributed by atoms with Gasteiger partial charge in [0.15, 0.2) is 9.47 Å². The summed E-state index contributed by atoms with van der Waals surface area (Å²) in [6, 6.07) is -1.06. The predicted molar refractivity (Wildman–Crippen MR) is 125 cm³/mol. The number of β-lactam (4-membered cyclic amide) rings is 1. The summed E-state index contributed by atoms with van der Waals surface area (Å²) in [6.07, 6.45) is 0. The molecule has 0 bridgehead atoms. The third kappa shape index (κ3) is 5.36. The first-order valence-electron chi connectivity index (χ1n) is 9.37. The number of carboxylic acid groups (broad SMARTS) is 2. The summed E-state index contributed by atoms with van der Waals surface area (Å²) < 4.78 is 4.53. The molecule has 0 radical (unpaired) electrons. The molecule has 1 fully saturated rings. The maximum atomic E-state index is 12.9. The third-order valence-electron chi connectivity index (χ3n) is 4.46. The molecule has 0 spiro atoms. The van der Waals surface area contributed by atoms with Gasteiger partial charge in [0.05, 0.1) is 0 Å². The highest BCUT2D eigenvalue weighted by Crippen LogP contribution is 2.41. The molecule has 184 valence electrons. The number of carbonyl (C=O) groups is 4. The fourth-order valence-corrected chi connectivity index (χ4v) is 6.45. The smallest absolute Gasteiger partial charge is 0.352 e. The van der Waals surface area contributed by atoms with Gasteiger partial charge in [-0.15, -0.1) is 22.0 Å². The predicted octanol–water partition coefficient (Wildman–Crippen LogP) is -0.692. The number of anilines is 1. The average molecular weight is 559 g/mol. The number of rotatable bonds is 10. The molecule has 2 aliphatic rings. The number of aliphatic carboxylic acids is 2. The van der Waals surface area contributed by atoms with E-state index in [2.05, 4.69) is 34.9 Å². The van der Waals surface area contributed by atoms with Crippen LogP contribution in [0, 0.1) is 0 Å². The van der Waals surface area contributed by atoms with E-state index in [0.29, 0.717) is 21.4 Å². The summed E-state index contributed by atoms with van der Waals surface area (Å²) in [7, 11) is 0. The molecule has 1 unspecified atom stereocenters. The summed E-state index contributed by atoms with van der Waals surface area (Å²) in [5.41, 5.74) is 7.04. The number of nitrogen functional groups attached to an aromatic ring is 1. The molecular formula is C16H14N8O7S4. The molecule has 0 aliphatic carbocycles. The molecule has 4 rings (SSSR count). The van der Waals surface area contributed by atoms with E-state index >= 15 is 0 Å². The Hall–Kier alpha value is -3.29. The quantitative estimate of drug-likeness (QED) is 0.123. The van der Waals surface area contributed by atoms with Crippen LogP contribution >= 0.6 is 46.4 Å². The first-order valence-corrected chi connectivity index (χ1v) is 13.1. The van der Waals surface area contributed by atoms with Gasteiger partial charge in [0.1, 0.15) is 22.6 Å². The first kappa shape index (κ1) is 24.8. The van der Waals surface area contributed by atoms with Gasteiger partial charge in [-0.3, -0.25) is 14.5 Å². The van der Waals surface area contributed by atoms with Crippen LogP contribution in [0.2, 0.25) is 0 Å². The molecule has 1 saturated heterocycles. The minimum atomic E-state index is -1.32. The Labute approximate surface area is 212 Å². The summed E-state index contributed by atoms with van der Waals surface area (Å²) in [5.74, 6) is -3.69. The molecule has 0 aromatic carbocycles. The van der Waals surface area contributed by atoms with Gasteiger partial charge < -0.3 is 26.1 Å². The summed E-state index contributed by atoms with van der Waals surface area (Å²) in [4.78, 5) is 58.0. The van der Waals surface area contributed by atoms with Crippen molar-refractivity contribution in [1.82, 2.24) is 29.8 Å². The van der Waals surface area contributed by atoms with Crippen LogP contribution in [0.3, 0.4) is 0 Å². The van der Waals surface area contributed by atoms with Crippen molar-refractivity contribution >= 4 is 81.0 Å². The SMILES string of the molecule is Nc1nc(C(=NOCC(=O)O)C(=O)NC2C(=O)N3C(C(=O)O)=C(CSc4nncs4)CS[C@H]23)ns1. The highest BCUT2D eigenvalue weighted by molar-refractivity contribution is 8.01. The second-order valence-corrected chi connectivity index (χ2v) is 10.6. The maximum Gasteiger partial charge on any atom is 0.352 e. The van der Waals surface area contributed by atoms with Gasteiger partial charge in [-0.25, -0.2) is 9.59 Å². The third-order valence-corrected chi connectivity index (χ3v) is 8.29. The molecule has 2 aliphatic heterocycles. The van der Waals surface area contributed by atoms with Crippen molar-refractivity contribution in [2.75, 3.05) is 23.8 Å². The molecule has 2 aromatic rings. The van der Waals surface area contributed by atoms with Crippen molar-refractivity contribution in [2.45, 2.75) is 15.8 Å². The normalized spacial score (nSPS) is 19.7. The number of carbonyl (C=O) groups excluding carboxylic acids is 2. The van der Waals surface area contributed by atoms with E-state index in [1.54, 1.807) is 5.51 Å². The Kier molecular flexibility index (Phi) is 7.48. The zero-order chi connectivity index (χ0) is 25.1. The maximum absolute atomic E-state index is 12.9. The molecule has 2 atom stereocenters. The lowest BCUT2D eigenvalue weighted by Crippen LogP contribution is -2.71. The lowest BCUT2D eigenvalue weighted by atomic mass is 10.0. The summed E-state index contributed by atoms with van der Waals surface area (Å²) >= 11 is 4.70. The molecule has 5 N–H and O–H groups in total. The van der Waals surface area contributed by atoms with Gasteiger partial charge in [-0.05, 0) is 5.57 Å². The lowest BCUT2D eigenvalue weighted by molar-refractivity contribution is -0.150. The van der Waals surface area contributed by atoms with Crippen LogP contribution < -0.4 is 11.1 Å². The second-order valence-electron chi connectivity index (χ2n) is 6.67. The van der Waals surface area contributed by atoms with E-state index in [4.69, 9.17) is 10.8 Å².